The summed E-state index contributed by atoms with van der Waals surface area (Å²) in [7, 11) is 0. The Morgan fingerprint density at radius 1 is 0.815 bits per heavy atom. The average molecular weight is 452 g/mol. The fourth-order valence-electron chi connectivity index (χ4n) is 2.64. The maximum atomic E-state index is 11.9. The number of carbonyl (C=O) groups is 2. The van der Waals surface area contributed by atoms with Gasteiger partial charge in [-0.3, -0.25) is 0 Å². The molecule has 27 heavy (non-hydrogen) atoms. The van der Waals surface area contributed by atoms with Crippen molar-refractivity contribution in [3.8, 4) is 0 Å². The molecule has 0 aromatic carbocycles. The molecule has 8 heteroatoms. The number of rotatable bonds is 17. The molecule has 0 rings (SSSR count). The topological polar surface area (TPSA) is 110 Å². The molecular weight excluding hydrogens is 415 g/mol. The van der Waals surface area contributed by atoms with Gasteiger partial charge in [0.2, 0.25) is 0 Å². The Hall–Kier alpha value is -0.782. The molecule has 1 atom stereocenters. The number of esters is 2. The molecule has 160 valence electrons. The van der Waals surface area contributed by atoms with Gasteiger partial charge in [0.25, 0.3) is 0 Å². The van der Waals surface area contributed by atoms with Gasteiger partial charge in [-0.05, 0) is 0 Å². The third kappa shape index (κ3) is 18.4. The van der Waals surface area contributed by atoms with Crippen molar-refractivity contribution in [1.82, 2.24) is 0 Å². The SMILES string of the molecule is CCCCCCCC(=O)OC[C@@H](C[As](=O)(O)O)OC(=O)CCCCCCC. The number of ether oxygens (including phenoxy) is 2. The monoisotopic (exact) mass is 452 g/mol. The van der Waals surface area contributed by atoms with Crippen LogP contribution in [0.25, 0.3) is 0 Å². The Balaban J connectivity index is 4.21. The van der Waals surface area contributed by atoms with E-state index in [1.807, 2.05) is 0 Å². The Morgan fingerprint density at radius 3 is 1.78 bits per heavy atom. The zero-order chi connectivity index (χ0) is 20.5. The van der Waals surface area contributed by atoms with E-state index >= 15 is 0 Å². The van der Waals surface area contributed by atoms with E-state index in [0.717, 1.165) is 57.8 Å². The summed E-state index contributed by atoms with van der Waals surface area (Å²) in [5, 5.41) is -0.580. The van der Waals surface area contributed by atoms with Crippen molar-refractivity contribution in [2.75, 3.05) is 6.61 Å². The first-order valence-corrected chi connectivity index (χ1v) is 13.9. The van der Waals surface area contributed by atoms with Crippen molar-refractivity contribution in [2.24, 2.45) is 0 Å². The molecule has 0 bridgehead atoms. The van der Waals surface area contributed by atoms with Crippen LogP contribution >= 0.6 is 0 Å². The summed E-state index contributed by atoms with van der Waals surface area (Å²) in [6, 6.07) is 0. The maximum absolute atomic E-state index is 11.9. The molecule has 0 aliphatic carbocycles. The third-order valence-corrected chi connectivity index (χ3v) is 5.99. The zero-order valence-corrected chi connectivity index (χ0v) is 18.7. The molecule has 0 aliphatic rings. The van der Waals surface area contributed by atoms with Crippen LogP contribution in [0.4, 0.5) is 0 Å². The fraction of sp³-hybridized carbons (Fsp3) is 0.895. The zero-order valence-electron chi connectivity index (χ0n) is 16.9. The van der Waals surface area contributed by atoms with Crippen molar-refractivity contribution >= 4 is 26.1 Å². The van der Waals surface area contributed by atoms with Crippen LogP contribution in [-0.2, 0) is 22.8 Å². The van der Waals surface area contributed by atoms with Crippen LogP contribution in [0.1, 0.15) is 90.9 Å². The predicted molar refractivity (Wildman–Crippen MR) is 103 cm³/mol. The summed E-state index contributed by atoms with van der Waals surface area (Å²) in [5.74, 6) is -0.929. The Kier molecular flexibility index (Phi) is 15.7. The summed E-state index contributed by atoms with van der Waals surface area (Å²) in [6.45, 7) is 3.92. The van der Waals surface area contributed by atoms with Gasteiger partial charge in [-0.2, -0.15) is 0 Å². The van der Waals surface area contributed by atoms with Gasteiger partial charge in [0.05, 0.1) is 0 Å². The second-order valence-corrected chi connectivity index (χ2v) is 10.5. The number of hydrogen-bond donors (Lipinski definition) is 2. The average Bonchev–Trinajstić information content (AvgIpc) is 2.58. The fourth-order valence-corrected chi connectivity index (χ4v) is 4.13. The molecule has 7 nitrogen and oxygen atoms in total. The molecule has 0 radical (unpaired) electrons. The quantitative estimate of drug-likeness (QED) is 0.197. The van der Waals surface area contributed by atoms with E-state index in [0.29, 0.717) is 6.42 Å². The van der Waals surface area contributed by atoms with Crippen LogP contribution < -0.4 is 0 Å². The van der Waals surface area contributed by atoms with E-state index in [4.69, 9.17) is 9.47 Å². The van der Waals surface area contributed by atoms with Gasteiger partial charge in [0.15, 0.2) is 0 Å². The minimum atomic E-state index is -5.01. The van der Waals surface area contributed by atoms with Gasteiger partial charge >= 0.3 is 166 Å². The summed E-state index contributed by atoms with van der Waals surface area (Å²) in [4.78, 5) is 23.6. The molecule has 0 spiro atoms. The summed E-state index contributed by atoms with van der Waals surface area (Å²) >= 11 is -5.01. The van der Waals surface area contributed by atoms with Crippen molar-refractivity contribution < 1.29 is 31.0 Å². The second-order valence-electron chi connectivity index (χ2n) is 6.97. The Labute approximate surface area is 166 Å². The number of carbonyl (C=O) groups excluding carboxylic acids is 2. The molecule has 0 fully saturated rings. The molecular formula is C19H37AsO7. The predicted octanol–water partition coefficient (Wildman–Crippen LogP) is 3.52. The van der Waals surface area contributed by atoms with Crippen molar-refractivity contribution in [3.63, 3.8) is 0 Å². The first-order chi connectivity index (χ1) is 12.8. The number of unbranched alkanes of at least 4 members (excludes halogenated alkanes) is 8. The standard InChI is InChI=1S/C19H37AsO7/c1-3-5-7-9-11-13-18(21)26-16-17(15-20(23,24)25)27-19(22)14-12-10-8-6-4-2/h17H,3-16H2,1-2H3,(H2,23,24,25)/t17-/m1/s1. The van der Waals surface area contributed by atoms with Gasteiger partial charge in [0, 0.05) is 0 Å². The molecule has 2 N–H and O–H groups in total. The molecule has 0 aromatic rings. The first-order valence-electron chi connectivity index (χ1n) is 10.2. The number of hydrogen-bond acceptors (Lipinski definition) is 5. The molecule has 0 saturated carbocycles. The van der Waals surface area contributed by atoms with Crippen LogP contribution in [-0.4, -0.2) is 47.0 Å². The normalized spacial score (nSPS) is 12.6. The molecule has 0 heterocycles. The minimum absolute atomic E-state index is 0.208. The van der Waals surface area contributed by atoms with Gasteiger partial charge < -0.3 is 0 Å². The molecule has 0 aliphatic heterocycles. The van der Waals surface area contributed by atoms with Crippen molar-refractivity contribution in [1.29, 1.82) is 0 Å². The van der Waals surface area contributed by atoms with Gasteiger partial charge in [-0.25, -0.2) is 0 Å². The summed E-state index contributed by atoms with van der Waals surface area (Å²) < 4.78 is 39.9. The van der Waals surface area contributed by atoms with Crippen LogP contribution in [0.3, 0.4) is 0 Å². The summed E-state index contributed by atoms with van der Waals surface area (Å²) in [6.07, 6.45) is 9.28. The van der Waals surface area contributed by atoms with Crippen LogP contribution in [0, 0.1) is 0 Å². The molecule has 0 aromatic heterocycles. The van der Waals surface area contributed by atoms with Gasteiger partial charge in [-0.15, -0.1) is 0 Å². The first kappa shape index (κ1) is 26.2. The third-order valence-electron chi connectivity index (χ3n) is 4.14. The van der Waals surface area contributed by atoms with Crippen LogP contribution in [0.2, 0.25) is 5.21 Å². The Morgan fingerprint density at radius 2 is 1.30 bits per heavy atom. The summed E-state index contributed by atoms with van der Waals surface area (Å²) in [5.41, 5.74) is 0. The van der Waals surface area contributed by atoms with Crippen LogP contribution in [0.15, 0.2) is 0 Å². The molecule has 0 saturated heterocycles. The molecule has 0 amide bonds. The van der Waals surface area contributed by atoms with E-state index in [2.05, 4.69) is 13.8 Å². The molecule has 0 unspecified atom stereocenters. The van der Waals surface area contributed by atoms with E-state index < -0.39 is 37.4 Å². The van der Waals surface area contributed by atoms with Gasteiger partial charge in [-0.1, -0.05) is 0 Å². The van der Waals surface area contributed by atoms with E-state index in [9.17, 15) is 21.5 Å². The van der Waals surface area contributed by atoms with Crippen molar-refractivity contribution in [2.45, 2.75) is 102 Å². The van der Waals surface area contributed by atoms with Crippen LogP contribution in [0.5, 0.6) is 0 Å². The van der Waals surface area contributed by atoms with E-state index in [1.165, 1.54) is 0 Å². The van der Waals surface area contributed by atoms with Gasteiger partial charge in [0.1, 0.15) is 0 Å². The van der Waals surface area contributed by atoms with E-state index in [-0.39, 0.29) is 19.4 Å². The van der Waals surface area contributed by atoms with Crippen molar-refractivity contribution in [3.05, 3.63) is 0 Å². The Bertz CT molecular complexity index is 447. The second kappa shape index (κ2) is 16.2. The van der Waals surface area contributed by atoms with E-state index in [1.54, 1.807) is 0 Å².